The Bertz CT molecular complexity index is 590. The van der Waals surface area contributed by atoms with Crippen molar-refractivity contribution in [2.24, 2.45) is 5.92 Å². The molecule has 3 atom stereocenters. The fourth-order valence-corrected chi connectivity index (χ4v) is 4.33. The maximum atomic E-state index is 11.1. The number of hydrogen-bond acceptors (Lipinski definition) is 3. The second-order valence-corrected chi connectivity index (χ2v) is 8.16. The van der Waals surface area contributed by atoms with Crippen LogP contribution in [0.25, 0.3) is 0 Å². The molecule has 0 bridgehead atoms. The van der Waals surface area contributed by atoms with Crippen molar-refractivity contribution in [1.29, 1.82) is 0 Å². The topological polar surface area (TPSA) is 46.5 Å². The van der Waals surface area contributed by atoms with Crippen molar-refractivity contribution in [3.8, 4) is 0 Å². The Morgan fingerprint density at radius 2 is 1.89 bits per heavy atom. The van der Waals surface area contributed by atoms with E-state index in [2.05, 4.69) is 48.1 Å². The van der Waals surface area contributed by atoms with Gasteiger partial charge in [-0.3, -0.25) is 4.79 Å². The van der Waals surface area contributed by atoms with E-state index in [1.165, 1.54) is 43.9 Å². The molecule has 0 aliphatic heterocycles. The normalized spacial score (nSPS) is 22.0. The van der Waals surface area contributed by atoms with Crippen LogP contribution in [0, 0.1) is 5.92 Å². The minimum Gasteiger partial charge on any atom is -0.469 e. The molecule has 0 amide bonds. The Hall–Kier alpha value is -1.61. The molecule has 0 saturated heterocycles. The van der Waals surface area contributed by atoms with Crippen LogP contribution >= 0.6 is 0 Å². The minimum absolute atomic E-state index is 0.138. The summed E-state index contributed by atoms with van der Waals surface area (Å²) in [5, 5.41) is 10.5. The number of ether oxygens (including phenoxy) is 1. The van der Waals surface area contributed by atoms with Crippen LogP contribution in [-0.2, 0) is 16.0 Å². The molecule has 1 aromatic rings. The number of methoxy groups -OCH3 is 1. The van der Waals surface area contributed by atoms with Crippen LogP contribution in [0.4, 0.5) is 0 Å². The lowest BCUT2D eigenvalue weighted by atomic mass is 9.85. The third kappa shape index (κ3) is 7.43. The minimum atomic E-state index is -0.229. The second kappa shape index (κ2) is 12.8. The largest absolute Gasteiger partial charge is 0.469 e. The highest BCUT2D eigenvalue weighted by Crippen LogP contribution is 2.42. The van der Waals surface area contributed by atoms with E-state index in [9.17, 15) is 9.90 Å². The van der Waals surface area contributed by atoms with Gasteiger partial charge in [0.15, 0.2) is 0 Å². The Morgan fingerprint density at radius 3 is 2.61 bits per heavy atom. The molecule has 2 unspecified atom stereocenters. The Morgan fingerprint density at radius 1 is 1.11 bits per heavy atom. The predicted octanol–water partition coefficient (Wildman–Crippen LogP) is 5.95. The molecular weight excluding hydrogens is 348 g/mol. The van der Waals surface area contributed by atoms with Gasteiger partial charge in [0, 0.05) is 12.3 Å². The molecule has 1 aliphatic rings. The van der Waals surface area contributed by atoms with E-state index in [1.807, 2.05) is 0 Å². The summed E-state index contributed by atoms with van der Waals surface area (Å²) in [5.41, 5.74) is 2.70. The fraction of sp³-hybridized carbons (Fsp3) is 0.640. The average molecular weight is 387 g/mol. The molecule has 1 fully saturated rings. The Balaban J connectivity index is 1.82. The van der Waals surface area contributed by atoms with Crippen molar-refractivity contribution >= 4 is 5.97 Å². The number of hydrogen-bond donors (Lipinski definition) is 1. The lowest BCUT2D eigenvalue weighted by molar-refractivity contribution is -0.140. The highest BCUT2D eigenvalue weighted by molar-refractivity contribution is 5.69. The van der Waals surface area contributed by atoms with E-state index in [0.717, 1.165) is 38.5 Å². The maximum Gasteiger partial charge on any atom is 0.305 e. The maximum absolute atomic E-state index is 11.1. The van der Waals surface area contributed by atoms with Gasteiger partial charge in [-0.2, -0.15) is 0 Å². The summed E-state index contributed by atoms with van der Waals surface area (Å²) in [7, 11) is 1.43. The number of rotatable bonds is 12. The average Bonchev–Trinajstić information content (AvgIpc) is 3.08. The molecule has 1 aromatic carbocycles. The predicted molar refractivity (Wildman–Crippen MR) is 115 cm³/mol. The van der Waals surface area contributed by atoms with Crippen molar-refractivity contribution < 1.29 is 14.6 Å². The third-order valence-corrected chi connectivity index (χ3v) is 6.02. The number of aliphatic hydroxyl groups excluding tert-OH is 1. The standard InChI is InChI=1S/C25H38O3/c1-3-4-5-8-11-20-14-16-22(17-15-20)25-21(18-19-23(25)26)12-9-6-7-10-13-24(27)28-2/h6,9,14-17,21,23,25-26H,3-5,7-8,10-13,18-19H2,1-2H3/b9-6-/t21?,23-,25?/m1/s1. The molecule has 3 heteroatoms. The van der Waals surface area contributed by atoms with E-state index in [4.69, 9.17) is 0 Å². The summed E-state index contributed by atoms with van der Waals surface area (Å²) in [5.74, 6) is 0.609. The van der Waals surface area contributed by atoms with Gasteiger partial charge < -0.3 is 9.84 Å². The summed E-state index contributed by atoms with van der Waals surface area (Å²) in [6, 6.07) is 8.99. The van der Waals surface area contributed by atoms with Crippen molar-refractivity contribution in [2.75, 3.05) is 7.11 Å². The van der Waals surface area contributed by atoms with Crippen molar-refractivity contribution in [1.82, 2.24) is 0 Å². The molecule has 0 spiro atoms. The van der Waals surface area contributed by atoms with Crippen molar-refractivity contribution in [2.45, 2.75) is 89.6 Å². The first kappa shape index (κ1) is 22.7. The molecule has 0 heterocycles. The molecular formula is C25H38O3. The first-order chi connectivity index (χ1) is 13.7. The van der Waals surface area contributed by atoms with Gasteiger partial charge in [0.2, 0.25) is 0 Å². The van der Waals surface area contributed by atoms with Gasteiger partial charge in [0.1, 0.15) is 0 Å². The number of benzene rings is 1. The first-order valence-corrected chi connectivity index (χ1v) is 11.1. The number of carbonyl (C=O) groups excluding carboxylic acids is 1. The van der Waals surface area contributed by atoms with Crippen LogP contribution in [0.15, 0.2) is 36.4 Å². The van der Waals surface area contributed by atoms with Crippen LogP contribution < -0.4 is 0 Å². The fourth-order valence-electron chi connectivity index (χ4n) is 4.33. The summed E-state index contributed by atoms with van der Waals surface area (Å²) >= 11 is 0. The number of aryl methyl sites for hydroxylation is 1. The van der Waals surface area contributed by atoms with E-state index in [0.29, 0.717) is 12.3 Å². The molecule has 156 valence electrons. The van der Waals surface area contributed by atoms with Gasteiger partial charge in [-0.15, -0.1) is 0 Å². The molecule has 0 aromatic heterocycles. The Labute approximate surface area is 171 Å². The van der Waals surface area contributed by atoms with E-state index < -0.39 is 0 Å². The number of allylic oxidation sites excluding steroid dienone is 2. The monoisotopic (exact) mass is 386 g/mol. The van der Waals surface area contributed by atoms with Crippen molar-refractivity contribution in [3.05, 3.63) is 47.5 Å². The summed E-state index contributed by atoms with van der Waals surface area (Å²) in [6.07, 6.45) is 15.7. The van der Waals surface area contributed by atoms with Crippen LogP contribution in [0.3, 0.4) is 0 Å². The lowest BCUT2D eigenvalue weighted by Gasteiger charge is -2.22. The second-order valence-electron chi connectivity index (χ2n) is 8.16. The van der Waals surface area contributed by atoms with Gasteiger partial charge in [-0.05, 0) is 62.0 Å². The van der Waals surface area contributed by atoms with Gasteiger partial charge in [0.05, 0.1) is 13.2 Å². The Kier molecular flexibility index (Phi) is 10.3. The SMILES string of the molecule is CCCCCCc1ccc(C2C(C/C=C\CCCC(=O)OC)CC[C@H]2O)cc1. The molecule has 1 aliphatic carbocycles. The highest BCUT2D eigenvalue weighted by atomic mass is 16.5. The molecule has 28 heavy (non-hydrogen) atoms. The zero-order valence-corrected chi connectivity index (χ0v) is 17.7. The van der Waals surface area contributed by atoms with E-state index in [1.54, 1.807) is 0 Å². The quantitative estimate of drug-likeness (QED) is 0.274. The number of aliphatic hydroxyl groups is 1. The smallest absolute Gasteiger partial charge is 0.305 e. The van der Waals surface area contributed by atoms with Crippen LogP contribution in [0.2, 0.25) is 0 Å². The van der Waals surface area contributed by atoms with E-state index in [-0.39, 0.29) is 18.0 Å². The molecule has 0 radical (unpaired) electrons. The number of carbonyl (C=O) groups is 1. The van der Waals surface area contributed by atoms with Gasteiger partial charge in [-0.1, -0.05) is 62.6 Å². The van der Waals surface area contributed by atoms with Crippen LogP contribution in [0.1, 0.15) is 88.2 Å². The zero-order valence-electron chi connectivity index (χ0n) is 17.7. The van der Waals surface area contributed by atoms with Gasteiger partial charge >= 0.3 is 5.97 Å². The zero-order chi connectivity index (χ0) is 20.2. The number of unbranched alkanes of at least 4 members (excludes halogenated alkanes) is 4. The van der Waals surface area contributed by atoms with Gasteiger partial charge in [0.25, 0.3) is 0 Å². The van der Waals surface area contributed by atoms with Crippen LogP contribution in [0.5, 0.6) is 0 Å². The molecule has 2 rings (SSSR count). The molecule has 1 saturated carbocycles. The summed E-state index contributed by atoms with van der Waals surface area (Å²) in [4.78, 5) is 11.1. The van der Waals surface area contributed by atoms with Crippen LogP contribution in [-0.4, -0.2) is 24.3 Å². The molecule has 1 N–H and O–H groups in total. The lowest BCUT2D eigenvalue weighted by Crippen LogP contribution is -2.16. The summed E-state index contributed by atoms with van der Waals surface area (Å²) in [6.45, 7) is 2.25. The summed E-state index contributed by atoms with van der Waals surface area (Å²) < 4.78 is 4.66. The first-order valence-electron chi connectivity index (χ1n) is 11.1. The van der Waals surface area contributed by atoms with Gasteiger partial charge in [-0.25, -0.2) is 0 Å². The van der Waals surface area contributed by atoms with E-state index >= 15 is 0 Å². The molecule has 3 nitrogen and oxygen atoms in total. The van der Waals surface area contributed by atoms with Crippen molar-refractivity contribution in [3.63, 3.8) is 0 Å². The highest BCUT2D eigenvalue weighted by Gasteiger charge is 2.35. The third-order valence-electron chi connectivity index (χ3n) is 6.02. The number of esters is 1.